The lowest BCUT2D eigenvalue weighted by molar-refractivity contribution is 0.590. The van der Waals surface area contributed by atoms with Gasteiger partial charge in [0.15, 0.2) is 0 Å². The van der Waals surface area contributed by atoms with Gasteiger partial charge in [-0.25, -0.2) is 4.98 Å². The Morgan fingerprint density at radius 2 is 1.08 bits per heavy atom. The molecule has 0 amide bonds. The molecule has 0 atom stereocenters. The zero-order chi connectivity index (χ0) is 27.4. The number of fused-ring (bicyclic) bond motifs is 3. The molecule has 0 saturated carbocycles. The van der Waals surface area contributed by atoms with Crippen LogP contribution in [0.2, 0.25) is 0 Å². The fraction of sp³-hybridized carbons (Fsp3) is 0.222. The molecule has 0 aliphatic heterocycles. The van der Waals surface area contributed by atoms with Crippen molar-refractivity contribution in [2.75, 3.05) is 0 Å². The highest BCUT2D eigenvalue weighted by molar-refractivity contribution is 6.15. The van der Waals surface area contributed by atoms with Crippen LogP contribution in [-0.4, -0.2) is 15.0 Å². The van der Waals surface area contributed by atoms with Gasteiger partial charge in [-0.2, -0.15) is 0 Å². The fourth-order valence-electron chi connectivity index (χ4n) is 5.25. The Kier molecular flexibility index (Phi) is 5.91. The van der Waals surface area contributed by atoms with Gasteiger partial charge < -0.3 is 4.98 Å². The molecular formula is C36H35N3. The summed E-state index contributed by atoms with van der Waals surface area (Å²) in [6.07, 6.45) is 1.87. The van der Waals surface area contributed by atoms with E-state index in [-0.39, 0.29) is 10.8 Å². The predicted octanol–water partition coefficient (Wildman–Crippen LogP) is 9.71. The van der Waals surface area contributed by atoms with Crippen LogP contribution in [0.15, 0.2) is 97.2 Å². The third-order valence-electron chi connectivity index (χ3n) is 7.58. The molecule has 3 nitrogen and oxygen atoms in total. The molecular weight excluding hydrogens is 474 g/mol. The standard InChI is InChI=1S/C36H35N3/c1-35(2,3)24-19-26-27-20-25(36(4,5)6)22-29(32-17-12-16-30(38-32)23-13-8-7-9-14-23)34(27)39-33(26)28(21-24)31-15-10-11-18-37-31/h7-22,39H,1-6H3. The van der Waals surface area contributed by atoms with E-state index in [4.69, 9.17) is 9.97 Å². The lowest BCUT2D eigenvalue weighted by Gasteiger charge is -2.21. The van der Waals surface area contributed by atoms with E-state index in [2.05, 4.69) is 125 Å². The maximum absolute atomic E-state index is 5.16. The summed E-state index contributed by atoms with van der Waals surface area (Å²) in [4.78, 5) is 13.8. The third-order valence-corrected chi connectivity index (χ3v) is 7.58. The molecule has 0 spiro atoms. The normalized spacial score (nSPS) is 12.4. The van der Waals surface area contributed by atoms with Crippen LogP contribution in [0.1, 0.15) is 52.7 Å². The first kappa shape index (κ1) is 25.1. The highest BCUT2D eigenvalue weighted by Crippen LogP contribution is 2.42. The maximum atomic E-state index is 5.16. The average Bonchev–Trinajstić information content (AvgIpc) is 3.31. The molecule has 0 bridgehead atoms. The number of hydrogen-bond donors (Lipinski definition) is 1. The zero-order valence-electron chi connectivity index (χ0n) is 23.6. The number of benzene rings is 3. The van der Waals surface area contributed by atoms with Crippen LogP contribution >= 0.6 is 0 Å². The van der Waals surface area contributed by atoms with Crippen molar-refractivity contribution in [3.63, 3.8) is 0 Å². The summed E-state index contributed by atoms with van der Waals surface area (Å²) >= 11 is 0. The van der Waals surface area contributed by atoms with Crippen LogP contribution in [-0.2, 0) is 10.8 Å². The summed E-state index contributed by atoms with van der Waals surface area (Å²) in [6, 6.07) is 32.2. The van der Waals surface area contributed by atoms with E-state index in [1.54, 1.807) is 0 Å². The van der Waals surface area contributed by atoms with E-state index in [0.717, 1.165) is 44.8 Å². The van der Waals surface area contributed by atoms with Gasteiger partial charge in [0.2, 0.25) is 0 Å². The Hall–Kier alpha value is -4.24. The van der Waals surface area contributed by atoms with E-state index in [1.165, 1.54) is 21.9 Å². The topological polar surface area (TPSA) is 41.6 Å². The van der Waals surface area contributed by atoms with Gasteiger partial charge in [0.1, 0.15) is 0 Å². The van der Waals surface area contributed by atoms with Crippen molar-refractivity contribution in [2.45, 2.75) is 52.4 Å². The quantitative estimate of drug-likeness (QED) is 0.258. The van der Waals surface area contributed by atoms with Crippen molar-refractivity contribution in [1.29, 1.82) is 0 Å². The Labute approximate surface area is 231 Å². The van der Waals surface area contributed by atoms with Crippen molar-refractivity contribution in [3.05, 3.63) is 108 Å². The summed E-state index contributed by atoms with van der Waals surface area (Å²) in [7, 11) is 0. The van der Waals surface area contributed by atoms with Crippen LogP contribution in [0.3, 0.4) is 0 Å². The second-order valence-corrected chi connectivity index (χ2v) is 12.5. The highest BCUT2D eigenvalue weighted by Gasteiger charge is 2.23. The van der Waals surface area contributed by atoms with Gasteiger partial charge in [-0.15, -0.1) is 0 Å². The molecule has 194 valence electrons. The minimum absolute atomic E-state index is 0.00263. The molecule has 3 aromatic heterocycles. The van der Waals surface area contributed by atoms with Gasteiger partial charge in [-0.05, 0) is 70.5 Å². The van der Waals surface area contributed by atoms with E-state index in [0.29, 0.717) is 0 Å². The summed E-state index contributed by atoms with van der Waals surface area (Å²) in [6.45, 7) is 13.7. The Morgan fingerprint density at radius 3 is 1.64 bits per heavy atom. The molecule has 3 heteroatoms. The van der Waals surface area contributed by atoms with Gasteiger partial charge in [0.25, 0.3) is 0 Å². The highest BCUT2D eigenvalue weighted by atomic mass is 14.8. The van der Waals surface area contributed by atoms with Crippen LogP contribution in [0.5, 0.6) is 0 Å². The van der Waals surface area contributed by atoms with Gasteiger partial charge in [0.05, 0.1) is 28.1 Å². The summed E-state index contributed by atoms with van der Waals surface area (Å²) in [5, 5.41) is 2.45. The number of H-pyrrole nitrogens is 1. The second-order valence-electron chi connectivity index (χ2n) is 12.5. The van der Waals surface area contributed by atoms with Crippen molar-refractivity contribution in [1.82, 2.24) is 15.0 Å². The lowest BCUT2D eigenvalue weighted by Crippen LogP contribution is -2.11. The van der Waals surface area contributed by atoms with Crippen molar-refractivity contribution < 1.29 is 0 Å². The average molecular weight is 510 g/mol. The van der Waals surface area contributed by atoms with Crippen molar-refractivity contribution in [3.8, 4) is 33.8 Å². The number of nitrogens with one attached hydrogen (secondary N) is 1. The largest absolute Gasteiger partial charge is 0.353 e. The molecule has 6 rings (SSSR count). The number of rotatable bonds is 3. The molecule has 3 heterocycles. The molecule has 0 aliphatic carbocycles. The second kappa shape index (κ2) is 9.20. The molecule has 0 aliphatic rings. The van der Waals surface area contributed by atoms with E-state index in [1.807, 2.05) is 18.3 Å². The minimum Gasteiger partial charge on any atom is -0.353 e. The first-order chi connectivity index (χ1) is 18.6. The zero-order valence-corrected chi connectivity index (χ0v) is 23.6. The molecule has 0 fully saturated rings. The van der Waals surface area contributed by atoms with Crippen molar-refractivity contribution >= 4 is 21.8 Å². The molecule has 6 aromatic rings. The van der Waals surface area contributed by atoms with Gasteiger partial charge in [-0.1, -0.05) is 84.0 Å². The van der Waals surface area contributed by atoms with Crippen LogP contribution in [0.4, 0.5) is 0 Å². The van der Waals surface area contributed by atoms with Gasteiger partial charge in [-0.3, -0.25) is 4.98 Å². The Bertz CT molecular complexity index is 1800. The fourth-order valence-corrected chi connectivity index (χ4v) is 5.25. The smallest absolute Gasteiger partial charge is 0.0730 e. The van der Waals surface area contributed by atoms with Crippen LogP contribution in [0.25, 0.3) is 55.6 Å². The Balaban J connectivity index is 1.70. The molecule has 0 unspecified atom stereocenters. The number of aromatic nitrogens is 3. The van der Waals surface area contributed by atoms with E-state index < -0.39 is 0 Å². The third kappa shape index (κ3) is 4.63. The van der Waals surface area contributed by atoms with Gasteiger partial charge >= 0.3 is 0 Å². The van der Waals surface area contributed by atoms with Crippen LogP contribution < -0.4 is 0 Å². The predicted molar refractivity (Wildman–Crippen MR) is 165 cm³/mol. The summed E-state index contributed by atoms with van der Waals surface area (Å²) in [5.41, 5.74) is 11.1. The summed E-state index contributed by atoms with van der Waals surface area (Å²) < 4.78 is 0. The number of aromatic amines is 1. The molecule has 0 saturated heterocycles. The first-order valence-electron chi connectivity index (χ1n) is 13.7. The van der Waals surface area contributed by atoms with E-state index in [9.17, 15) is 0 Å². The SMILES string of the molecule is CC(C)(C)c1cc(-c2ccccn2)c2[nH]c3c(-c4cccc(-c5ccccc5)n4)cc(C(C)(C)C)cc3c2c1. The Morgan fingerprint density at radius 1 is 0.538 bits per heavy atom. The minimum atomic E-state index is -0.0188. The number of pyridine rings is 2. The summed E-state index contributed by atoms with van der Waals surface area (Å²) in [5.74, 6) is 0. The van der Waals surface area contributed by atoms with Crippen LogP contribution in [0, 0.1) is 0 Å². The van der Waals surface area contributed by atoms with E-state index >= 15 is 0 Å². The monoisotopic (exact) mass is 509 g/mol. The first-order valence-corrected chi connectivity index (χ1v) is 13.7. The molecule has 1 N–H and O–H groups in total. The maximum Gasteiger partial charge on any atom is 0.0730 e. The van der Waals surface area contributed by atoms with Crippen molar-refractivity contribution in [2.24, 2.45) is 0 Å². The molecule has 39 heavy (non-hydrogen) atoms. The van der Waals surface area contributed by atoms with Gasteiger partial charge in [0, 0.05) is 33.7 Å². The molecule has 3 aromatic carbocycles. The number of nitrogens with zero attached hydrogens (tertiary/aromatic N) is 2. The number of hydrogen-bond acceptors (Lipinski definition) is 2. The molecule has 0 radical (unpaired) electrons. The lowest BCUT2D eigenvalue weighted by atomic mass is 9.83.